The number of fused-ring (bicyclic) bond motifs is 1. The monoisotopic (exact) mass is 349 g/mol. The van der Waals surface area contributed by atoms with Gasteiger partial charge in [0.05, 0.1) is 5.75 Å². The molecule has 1 amide bonds. The summed E-state index contributed by atoms with van der Waals surface area (Å²) in [6, 6.07) is 7.31. The maximum absolute atomic E-state index is 12.1. The number of aryl methyl sites for hydroxylation is 1. The molecule has 0 radical (unpaired) electrons. The number of amides is 1. The molecule has 0 bridgehead atoms. The summed E-state index contributed by atoms with van der Waals surface area (Å²) in [5.41, 5.74) is 1.78. The molecule has 120 valence electrons. The summed E-state index contributed by atoms with van der Waals surface area (Å²) < 4.78 is 28.1. The van der Waals surface area contributed by atoms with Gasteiger partial charge >= 0.3 is 0 Å². The van der Waals surface area contributed by atoms with E-state index in [1.165, 1.54) is 0 Å². The van der Waals surface area contributed by atoms with Crippen LogP contribution in [0.2, 0.25) is 0 Å². The molecule has 2 heterocycles. The van der Waals surface area contributed by atoms with Crippen molar-refractivity contribution in [1.29, 1.82) is 0 Å². The highest BCUT2D eigenvalue weighted by Gasteiger charge is 2.19. The molecule has 3 aromatic rings. The van der Waals surface area contributed by atoms with Crippen LogP contribution in [0.3, 0.4) is 0 Å². The van der Waals surface area contributed by atoms with Gasteiger partial charge in [-0.1, -0.05) is 42.5 Å². The maximum atomic E-state index is 12.1. The molecule has 3 rings (SSSR count). The van der Waals surface area contributed by atoms with Crippen molar-refractivity contribution in [2.24, 2.45) is 0 Å². The second kappa shape index (κ2) is 6.13. The molecule has 0 saturated heterocycles. The number of benzene rings is 1. The third kappa shape index (κ3) is 3.59. The molecular formula is C15H15N3O3S2. The minimum absolute atomic E-state index is 0.231. The van der Waals surface area contributed by atoms with Crippen molar-refractivity contribution in [3.63, 3.8) is 0 Å². The normalized spacial score (nSPS) is 11.7. The van der Waals surface area contributed by atoms with Crippen LogP contribution in [0.15, 0.2) is 42.9 Å². The van der Waals surface area contributed by atoms with Crippen molar-refractivity contribution in [1.82, 2.24) is 14.1 Å². The lowest BCUT2D eigenvalue weighted by molar-refractivity contribution is 0.0985. The molecule has 1 aromatic carbocycles. The number of carbonyl (C=O) groups excluding carboxylic acids is 1. The SMILES string of the molecule is CCc1ccc(CS(=O)(=O)NC(=O)c2cn3ccnc3s2)cc1. The number of imidazole rings is 1. The number of thiazole rings is 1. The lowest BCUT2D eigenvalue weighted by atomic mass is 10.1. The van der Waals surface area contributed by atoms with E-state index in [0.29, 0.717) is 15.4 Å². The lowest BCUT2D eigenvalue weighted by Gasteiger charge is -2.06. The Morgan fingerprint density at radius 1 is 1.26 bits per heavy atom. The fourth-order valence-corrected chi connectivity index (χ4v) is 4.15. The summed E-state index contributed by atoms with van der Waals surface area (Å²) in [6.45, 7) is 2.03. The van der Waals surface area contributed by atoms with Crippen LogP contribution in [0.25, 0.3) is 4.96 Å². The summed E-state index contributed by atoms with van der Waals surface area (Å²) in [4.78, 5) is 17.1. The molecule has 6 nitrogen and oxygen atoms in total. The van der Waals surface area contributed by atoms with Gasteiger partial charge in [0.25, 0.3) is 5.91 Å². The highest BCUT2D eigenvalue weighted by molar-refractivity contribution is 7.89. The molecule has 1 N–H and O–H groups in total. The van der Waals surface area contributed by atoms with E-state index in [4.69, 9.17) is 0 Å². The highest BCUT2D eigenvalue weighted by atomic mass is 32.2. The standard InChI is InChI=1S/C15H15N3O3S2/c1-2-11-3-5-12(6-4-11)10-23(20,21)17-14(19)13-9-18-8-7-16-15(18)22-13/h3-9H,2,10H2,1H3,(H,17,19). The van der Waals surface area contributed by atoms with E-state index in [1.54, 1.807) is 35.1 Å². The molecule has 8 heteroatoms. The molecule has 0 spiro atoms. The van der Waals surface area contributed by atoms with Gasteiger partial charge in [0.15, 0.2) is 4.96 Å². The van der Waals surface area contributed by atoms with Crippen LogP contribution in [-0.2, 0) is 22.2 Å². The number of nitrogens with zero attached hydrogens (tertiary/aromatic N) is 2. The second-order valence-corrected chi connectivity index (χ2v) is 7.80. The van der Waals surface area contributed by atoms with E-state index in [1.807, 2.05) is 19.1 Å². The summed E-state index contributed by atoms with van der Waals surface area (Å²) in [7, 11) is -3.74. The predicted octanol–water partition coefficient (Wildman–Crippen LogP) is 2.22. The summed E-state index contributed by atoms with van der Waals surface area (Å²) in [5, 5.41) is 0. The zero-order valence-corrected chi connectivity index (χ0v) is 14.0. The molecule has 0 aliphatic carbocycles. The van der Waals surface area contributed by atoms with Crippen LogP contribution in [0.5, 0.6) is 0 Å². The average molecular weight is 349 g/mol. The van der Waals surface area contributed by atoms with Crippen LogP contribution in [0.4, 0.5) is 0 Å². The van der Waals surface area contributed by atoms with E-state index < -0.39 is 15.9 Å². The molecule has 2 aromatic heterocycles. The van der Waals surface area contributed by atoms with Crippen molar-refractivity contribution >= 4 is 32.2 Å². The predicted molar refractivity (Wildman–Crippen MR) is 89.0 cm³/mol. The fourth-order valence-electron chi connectivity index (χ4n) is 2.15. The van der Waals surface area contributed by atoms with Crippen LogP contribution in [-0.4, -0.2) is 23.7 Å². The van der Waals surface area contributed by atoms with Gasteiger partial charge in [-0.3, -0.25) is 9.20 Å². The molecular weight excluding hydrogens is 334 g/mol. The molecule has 0 atom stereocenters. The first-order chi connectivity index (χ1) is 11.0. The van der Waals surface area contributed by atoms with E-state index in [0.717, 1.165) is 23.3 Å². The van der Waals surface area contributed by atoms with Gasteiger partial charge in [0.2, 0.25) is 10.0 Å². The Hall–Kier alpha value is -2.19. The minimum Gasteiger partial charge on any atom is -0.297 e. The zero-order chi connectivity index (χ0) is 16.4. The third-order valence-corrected chi connectivity index (χ3v) is 5.57. The van der Waals surface area contributed by atoms with E-state index in [-0.39, 0.29) is 5.75 Å². The average Bonchev–Trinajstić information content (AvgIpc) is 3.08. The summed E-state index contributed by atoms with van der Waals surface area (Å²) in [6.07, 6.45) is 5.77. The van der Waals surface area contributed by atoms with Gasteiger partial charge in [-0.25, -0.2) is 18.1 Å². The van der Waals surface area contributed by atoms with Gasteiger partial charge in [-0.2, -0.15) is 0 Å². The highest BCUT2D eigenvalue weighted by Crippen LogP contribution is 2.16. The zero-order valence-electron chi connectivity index (χ0n) is 12.4. The largest absolute Gasteiger partial charge is 0.297 e. The summed E-state index contributed by atoms with van der Waals surface area (Å²) in [5.74, 6) is -0.865. The number of aromatic nitrogens is 2. The number of nitrogens with one attached hydrogen (secondary N) is 1. The number of carbonyl (C=O) groups is 1. The number of hydrogen-bond acceptors (Lipinski definition) is 5. The molecule has 0 aliphatic heterocycles. The molecule has 0 fully saturated rings. The lowest BCUT2D eigenvalue weighted by Crippen LogP contribution is -2.31. The molecule has 0 aliphatic rings. The molecule has 23 heavy (non-hydrogen) atoms. The van der Waals surface area contributed by atoms with Crippen LogP contribution in [0, 0.1) is 0 Å². The Kier molecular flexibility index (Phi) is 4.18. The topological polar surface area (TPSA) is 80.5 Å². The van der Waals surface area contributed by atoms with Crippen molar-refractivity contribution in [2.75, 3.05) is 0 Å². The van der Waals surface area contributed by atoms with Crippen LogP contribution >= 0.6 is 11.3 Å². The first-order valence-corrected chi connectivity index (χ1v) is 9.49. The smallest absolute Gasteiger partial charge is 0.276 e. The third-order valence-electron chi connectivity index (χ3n) is 3.35. The van der Waals surface area contributed by atoms with Crippen molar-refractivity contribution in [3.8, 4) is 0 Å². The number of sulfonamides is 1. The fraction of sp³-hybridized carbons (Fsp3) is 0.200. The van der Waals surface area contributed by atoms with Crippen LogP contribution < -0.4 is 4.72 Å². The van der Waals surface area contributed by atoms with Gasteiger partial charge in [0, 0.05) is 18.6 Å². The summed E-state index contributed by atoms with van der Waals surface area (Å²) >= 11 is 1.14. The van der Waals surface area contributed by atoms with E-state index in [2.05, 4.69) is 9.71 Å². The number of hydrogen-bond donors (Lipinski definition) is 1. The van der Waals surface area contributed by atoms with E-state index >= 15 is 0 Å². The Morgan fingerprint density at radius 2 is 1.96 bits per heavy atom. The van der Waals surface area contributed by atoms with Crippen molar-refractivity contribution < 1.29 is 13.2 Å². The second-order valence-electron chi connectivity index (χ2n) is 5.07. The van der Waals surface area contributed by atoms with Crippen LogP contribution in [0.1, 0.15) is 27.7 Å². The first-order valence-electron chi connectivity index (χ1n) is 7.02. The minimum atomic E-state index is -3.74. The Bertz CT molecular complexity index is 911. The van der Waals surface area contributed by atoms with Gasteiger partial charge in [0.1, 0.15) is 4.88 Å². The van der Waals surface area contributed by atoms with E-state index in [9.17, 15) is 13.2 Å². The van der Waals surface area contributed by atoms with Gasteiger partial charge in [-0.05, 0) is 17.5 Å². The van der Waals surface area contributed by atoms with Gasteiger partial charge in [-0.15, -0.1) is 0 Å². The molecule has 0 unspecified atom stereocenters. The first kappa shape index (κ1) is 15.7. The molecule has 0 saturated carbocycles. The van der Waals surface area contributed by atoms with Crippen molar-refractivity contribution in [3.05, 3.63) is 58.9 Å². The van der Waals surface area contributed by atoms with Gasteiger partial charge < -0.3 is 0 Å². The van der Waals surface area contributed by atoms with Crippen molar-refractivity contribution in [2.45, 2.75) is 19.1 Å². The quantitative estimate of drug-likeness (QED) is 0.766. The number of rotatable bonds is 5. The Labute approximate surface area is 137 Å². The Morgan fingerprint density at radius 3 is 2.61 bits per heavy atom. The Balaban J connectivity index is 1.71. The maximum Gasteiger partial charge on any atom is 0.276 e.